The second kappa shape index (κ2) is 12.1. The number of amidine groups is 1. The molecule has 1 saturated carbocycles. The van der Waals surface area contributed by atoms with Gasteiger partial charge in [0.1, 0.15) is 0 Å². The summed E-state index contributed by atoms with van der Waals surface area (Å²) in [5.41, 5.74) is 14.9. The number of fused-ring (bicyclic) bond motifs is 10. The normalized spacial score (nSPS) is 18.3. The lowest BCUT2D eigenvalue weighted by Crippen LogP contribution is -2.35. The lowest BCUT2D eigenvalue weighted by molar-refractivity contribution is 0.387. The molecular weight excluding hydrogens is 665 g/mol. The Balaban J connectivity index is 1.18. The molecular formula is C53H40N2. The van der Waals surface area contributed by atoms with Crippen molar-refractivity contribution < 1.29 is 0 Å². The molecule has 0 radical (unpaired) electrons. The summed E-state index contributed by atoms with van der Waals surface area (Å²) in [6.45, 7) is 7.07. The Labute approximate surface area is 322 Å². The number of aliphatic imine (C=N–C) groups is 2. The molecule has 0 unspecified atom stereocenters. The zero-order chi connectivity index (χ0) is 36.8. The first-order valence-electron chi connectivity index (χ1n) is 19.6. The second-order valence-electron chi connectivity index (χ2n) is 16.2. The first-order valence-corrected chi connectivity index (χ1v) is 19.6. The smallest absolute Gasteiger partial charge is 0.160 e. The average Bonchev–Trinajstić information content (AvgIpc) is 3.36. The van der Waals surface area contributed by atoms with Crippen molar-refractivity contribution in [1.29, 1.82) is 0 Å². The Morgan fingerprint density at radius 3 is 1.85 bits per heavy atom. The van der Waals surface area contributed by atoms with E-state index in [1.165, 1.54) is 82.4 Å². The van der Waals surface area contributed by atoms with E-state index in [2.05, 4.69) is 185 Å². The molecule has 262 valence electrons. The predicted octanol–water partition coefficient (Wildman–Crippen LogP) is 13.4. The van der Waals surface area contributed by atoms with Crippen molar-refractivity contribution in [3.63, 3.8) is 0 Å². The Bertz CT molecular complexity index is 2980. The lowest BCUT2D eigenvalue weighted by Gasteiger charge is -2.39. The first-order chi connectivity index (χ1) is 27.0. The van der Waals surface area contributed by atoms with E-state index < -0.39 is 0 Å². The standard InChI is InChI=1S/C53H40N2/c1-32-29-45-48(32)50(33-15-6-4-7-16-33)54-52(34-17-8-5-9-18-34)55-51(45)42-23-14-22-41-38-20-11-10-19-37(38)39-27-25-35(31-44(39)49(41)42)36-26-28-47-43(30-36)40-21-12-13-24-46(40)53(47,2)3/h4-28,30-32,48H,29H2,1-3H3/t32-,48-/m0/s1. The van der Waals surface area contributed by atoms with Gasteiger partial charge >= 0.3 is 0 Å². The lowest BCUT2D eigenvalue weighted by atomic mass is 9.65. The highest BCUT2D eigenvalue weighted by Gasteiger charge is 2.41. The quantitative estimate of drug-likeness (QED) is 0.163. The van der Waals surface area contributed by atoms with E-state index in [4.69, 9.17) is 9.98 Å². The Morgan fingerprint density at radius 2 is 1.07 bits per heavy atom. The summed E-state index contributed by atoms with van der Waals surface area (Å²) in [7, 11) is 0. The summed E-state index contributed by atoms with van der Waals surface area (Å²) in [5.74, 6) is 1.43. The summed E-state index contributed by atoms with van der Waals surface area (Å²) < 4.78 is 0. The summed E-state index contributed by atoms with van der Waals surface area (Å²) in [6, 6.07) is 60.1. The van der Waals surface area contributed by atoms with Crippen LogP contribution in [0.15, 0.2) is 179 Å². The molecule has 1 aliphatic heterocycles. The molecule has 11 rings (SSSR count). The van der Waals surface area contributed by atoms with Gasteiger partial charge in [-0.2, -0.15) is 0 Å². The van der Waals surface area contributed by atoms with Crippen LogP contribution in [0.25, 0.3) is 60.3 Å². The van der Waals surface area contributed by atoms with Crippen molar-refractivity contribution in [2.24, 2.45) is 21.8 Å². The van der Waals surface area contributed by atoms with Gasteiger partial charge in [-0.05, 0) is 101 Å². The van der Waals surface area contributed by atoms with Crippen LogP contribution in [0, 0.1) is 11.8 Å². The molecule has 55 heavy (non-hydrogen) atoms. The number of hydrogen-bond acceptors (Lipinski definition) is 2. The van der Waals surface area contributed by atoms with Crippen LogP contribution in [0.3, 0.4) is 0 Å². The number of rotatable bonds is 4. The van der Waals surface area contributed by atoms with Gasteiger partial charge in [0.2, 0.25) is 0 Å². The fourth-order valence-electron chi connectivity index (χ4n) is 9.92. The van der Waals surface area contributed by atoms with Gasteiger partial charge in [-0.15, -0.1) is 0 Å². The molecule has 1 fully saturated rings. The third kappa shape index (κ3) is 4.80. The maximum absolute atomic E-state index is 5.61. The molecule has 2 heteroatoms. The van der Waals surface area contributed by atoms with Gasteiger partial charge in [0, 0.05) is 22.5 Å². The van der Waals surface area contributed by atoms with Gasteiger partial charge < -0.3 is 0 Å². The van der Waals surface area contributed by atoms with Crippen molar-refractivity contribution in [2.45, 2.75) is 32.6 Å². The third-order valence-electron chi connectivity index (χ3n) is 12.7. The monoisotopic (exact) mass is 704 g/mol. The zero-order valence-electron chi connectivity index (χ0n) is 31.3. The minimum absolute atomic E-state index is 0.0223. The van der Waals surface area contributed by atoms with E-state index >= 15 is 0 Å². The van der Waals surface area contributed by atoms with Crippen LogP contribution in [0.4, 0.5) is 0 Å². The van der Waals surface area contributed by atoms with Crippen molar-refractivity contribution in [1.82, 2.24) is 0 Å². The molecule has 2 atom stereocenters. The van der Waals surface area contributed by atoms with Crippen molar-refractivity contribution in [3.8, 4) is 22.3 Å². The van der Waals surface area contributed by atoms with Crippen LogP contribution in [-0.4, -0.2) is 11.5 Å². The van der Waals surface area contributed by atoms with E-state index in [0.717, 1.165) is 29.2 Å². The minimum Gasteiger partial charge on any atom is -0.232 e. The van der Waals surface area contributed by atoms with E-state index in [1.54, 1.807) is 0 Å². The maximum atomic E-state index is 5.61. The minimum atomic E-state index is -0.0223. The molecule has 8 aromatic carbocycles. The van der Waals surface area contributed by atoms with Crippen LogP contribution in [0.5, 0.6) is 0 Å². The van der Waals surface area contributed by atoms with Crippen LogP contribution in [0.1, 0.15) is 55.0 Å². The number of benzene rings is 8. The summed E-state index contributed by atoms with van der Waals surface area (Å²) in [5, 5.41) is 7.57. The molecule has 2 aliphatic carbocycles. The number of allylic oxidation sites excluding steroid dienone is 1. The zero-order valence-corrected chi connectivity index (χ0v) is 31.3. The van der Waals surface area contributed by atoms with Crippen LogP contribution < -0.4 is 0 Å². The van der Waals surface area contributed by atoms with Crippen molar-refractivity contribution >= 4 is 49.6 Å². The van der Waals surface area contributed by atoms with Crippen LogP contribution >= 0.6 is 0 Å². The summed E-state index contributed by atoms with van der Waals surface area (Å²) >= 11 is 0. The highest BCUT2D eigenvalue weighted by molar-refractivity contribution is 6.28. The second-order valence-corrected chi connectivity index (χ2v) is 16.2. The van der Waals surface area contributed by atoms with Crippen molar-refractivity contribution in [2.75, 3.05) is 0 Å². The number of hydrogen-bond donors (Lipinski definition) is 0. The van der Waals surface area contributed by atoms with E-state index in [9.17, 15) is 0 Å². The fraction of sp³-hybridized carbons (Fsp3) is 0.132. The maximum Gasteiger partial charge on any atom is 0.160 e. The molecule has 1 heterocycles. The molecule has 8 aromatic rings. The van der Waals surface area contributed by atoms with E-state index in [1.807, 2.05) is 0 Å². The van der Waals surface area contributed by atoms with Gasteiger partial charge in [-0.3, -0.25) is 0 Å². The van der Waals surface area contributed by atoms with Gasteiger partial charge in [0.15, 0.2) is 5.84 Å². The van der Waals surface area contributed by atoms with Crippen molar-refractivity contribution in [3.05, 3.63) is 197 Å². The molecule has 2 nitrogen and oxygen atoms in total. The molecule has 3 aliphatic rings. The molecule has 0 N–H and O–H groups in total. The third-order valence-corrected chi connectivity index (χ3v) is 12.7. The Hall–Kier alpha value is -6.38. The Morgan fingerprint density at radius 1 is 0.473 bits per heavy atom. The average molecular weight is 705 g/mol. The SMILES string of the molecule is C[C@H]1CC2=C(c3cccc4c5ccccc5c5ccc(-c6ccc7c(c6)-c6ccccc6C7(C)C)cc5c34)N=C(c3ccccc3)N=C(c3ccccc3)[C@H]21. The topological polar surface area (TPSA) is 24.7 Å². The molecule has 0 aromatic heterocycles. The molecule has 0 bridgehead atoms. The number of nitrogens with zero attached hydrogens (tertiary/aromatic N) is 2. The van der Waals surface area contributed by atoms with Gasteiger partial charge in [0.05, 0.1) is 11.4 Å². The first kappa shape index (κ1) is 32.1. The Kier molecular flexibility index (Phi) is 7.04. The van der Waals surface area contributed by atoms with Gasteiger partial charge in [0.25, 0.3) is 0 Å². The molecule has 0 amide bonds. The van der Waals surface area contributed by atoms with Gasteiger partial charge in [-0.1, -0.05) is 172 Å². The van der Waals surface area contributed by atoms with Crippen LogP contribution in [0.2, 0.25) is 0 Å². The van der Waals surface area contributed by atoms with E-state index in [-0.39, 0.29) is 11.3 Å². The predicted molar refractivity (Wildman–Crippen MR) is 232 cm³/mol. The summed E-state index contributed by atoms with van der Waals surface area (Å²) in [6.07, 6.45) is 0.998. The van der Waals surface area contributed by atoms with E-state index in [0.29, 0.717) is 5.92 Å². The molecule has 0 spiro atoms. The largest absolute Gasteiger partial charge is 0.232 e. The summed E-state index contributed by atoms with van der Waals surface area (Å²) in [4.78, 5) is 11.1. The van der Waals surface area contributed by atoms with Gasteiger partial charge in [-0.25, -0.2) is 9.98 Å². The highest BCUT2D eigenvalue weighted by Crippen LogP contribution is 2.52. The fourth-order valence-corrected chi connectivity index (χ4v) is 9.92. The molecule has 0 saturated heterocycles. The highest BCUT2D eigenvalue weighted by atomic mass is 15.0. The van der Waals surface area contributed by atoms with Crippen LogP contribution in [-0.2, 0) is 5.41 Å².